The predicted octanol–water partition coefficient (Wildman–Crippen LogP) is 4.81. The monoisotopic (exact) mass is 478 g/mol. The Balaban J connectivity index is 1.84. The van der Waals surface area contributed by atoms with Gasteiger partial charge in [-0.15, -0.1) is 0 Å². The standard InChI is InChI=1S/C19H13ClF6N4O2/c20-12-4-1-5-13(7-12)30-15(19(24,25)26)14(9-29-30)16(31)28-8-11-3-2-6-27-17(11)32-10-18(21,22)23/h1-7,9H,8,10H2,(H,28,31). The number of carbonyl (C=O) groups excluding carboxylic acids is 1. The number of nitrogens with one attached hydrogen (secondary N) is 1. The summed E-state index contributed by atoms with van der Waals surface area (Å²) < 4.78 is 83.4. The Labute approximate surface area is 181 Å². The molecule has 1 aromatic carbocycles. The van der Waals surface area contributed by atoms with Crippen LogP contribution in [-0.2, 0) is 12.7 Å². The predicted molar refractivity (Wildman–Crippen MR) is 101 cm³/mol. The van der Waals surface area contributed by atoms with Crippen LogP contribution in [0.5, 0.6) is 5.88 Å². The summed E-state index contributed by atoms with van der Waals surface area (Å²) in [6.07, 6.45) is -7.65. The van der Waals surface area contributed by atoms with Crippen LogP contribution in [0.1, 0.15) is 21.6 Å². The van der Waals surface area contributed by atoms with Crippen molar-refractivity contribution in [2.75, 3.05) is 6.61 Å². The summed E-state index contributed by atoms with van der Waals surface area (Å²) in [7, 11) is 0. The number of amides is 1. The van der Waals surface area contributed by atoms with E-state index in [1.807, 2.05) is 0 Å². The number of ether oxygens (including phenoxy) is 1. The molecule has 0 spiro atoms. The maximum atomic E-state index is 13.7. The van der Waals surface area contributed by atoms with Gasteiger partial charge >= 0.3 is 12.4 Å². The van der Waals surface area contributed by atoms with E-state index in [0.29, 0.717) is 4.68 Å². The number of benzene rings is 1. The van der Waals surface area contributed by atoms with E-state index in [0.717, 1.165) is 6.20 Å². The molecule has 0 aliphatic carbocycles. The lowest BCUT2D eigenvalue weighted by molar-refractivity contribution is -0.154. The second kappa shape index (κ2) is 9.07. The molecule has 170 valence electrons. The van der Waals surface area contributed by atoms with Gasteiger partial charge in [-0.2, -0.15) is 31.4 Å². The van der Waals surface area contributed by atoms with Crippen molar-refractivity contribution in [3.63, 3.8) is 0 Å². The van der Waals surface area contributed by atoms with E-state index in [2.05, 4.69) is 20.1 Å². The quantitative estimate of drug-likeness (QED) is 0.516. The summed E-state index contributed by atoms with van der Waals surface area (Å²) in [6.45, 7) is -2.05. The average Bonchev–Trinajstić information content (AvgIpc) is 3.16. The first-order valence-corrected chi connectivity index (χ1v) is 9.16. The number of nitrogens with zero attached hydrogens (tertiary/aromatic N) is 3. The highest BCUT2D eigenvalue weighted by Crippen LogP contribution is 2.34. The van der Waals surface area contributed by atoms with Gasteiger partial charge in [0.15, 0.2) is 12.3 Å². The zero-order valence-electron chi connectivity index (χ0n) is 15.8. The van der Waals surface area contributed by atoms with Crippen molar-refractivity contribution >= 4 is 17.5 Å². The second-order valence-corrected chi connectivity index (χ2v) is 6.79. The van der Waals surface area contributed by atoms with Gasteiger partial charge in [0.05, 0.1) is 17.4 Å². The molecule has 1 N–H and O–H groups in total. The van der Waals surface area contributed by atoms with Gasteiger partial charge in [-0.1, -0.05) is 23.7 Å². The van der Waals surface area contributed by atoms with E-state index < -0.39 is 48.5 Å². The Morgan fingerprint density at radius 3 is 2.53 bits per heavy atom. The minimum Gasteiger partial charge on any atom is -0.468 e. The van der Waals surface area contributed by atoms with E-state index in [9.17, 15) is 31.1 Å². The fourth-order valence-electron chi connectivity index (χ4n) is 2.70. The Morgan fingerprint density at radius 2 is 1.88 bits per heavy atom. The normalized spacial score (nSPS) is 12.0. The van der Waals surface area contributed by atoms with Crippen molar-refractivity contribution in [1.82, 2.24) is 20.1 Å². The summed E-state index contributed by atoms with van der Waals surface area (Å²) in [4.78, 5) is 16.2. The third kappa shape index (κ3) is 5.69. The summed E-state index contributed by atoms with van der Waals surface area (Å²) in [5, 5.41) is 6.05. The SMILES string of the molecule is O=C(NCc1cccnc1OCC(F)(F)F)c1cnn(-c2cccc(Cl)c2)c1C(F)(F)F. The van der Waals surface area contributed by atoms with E-state index in [1.165, 1.54) is 42.6 Å². The number of halogens is 7. The van der Waals surface area contributed by atoms with Crippen LogP contribution in [0.15, 0.2) is 48.8 Å². The molecule has 3 aromatic rings. The average molecular weight is 479 g/mol. The van der Waals surface area contributed by atoms with E-state index in [4.69, 9.17) is 11.6 Å². The summed E-state index contributed by atoms with van der Waals surface area (Å²) in [5.74, 6) is -1.55. The van der Waals surface area contributed by atoms with E-state index >= 15 is 0 Å². The first-order chi connectivity index (χ1) is 15.0. The molecule has 0 atom stereocenters. The number of aromatic nitrogens is 3. The van der Waals surface area contributed by atoms with Crippen LogP contribution in [0.3, 0.4) is 0 Å². The number of carbonyl (C=O) groups is 1. The van der Waals surface area contributed by atoms with Gasteiger partial charge in [0.2, 0.25) is 5.88 Å². The summed E-state index contributed by atoms with van der Waals surface area (Å²) >= 11 is 5.83. The molecule has 0 radical (unpaired) electrons. The van der Waals surface area contributed by atoms with Gasteiger partial charge in [0, 0.05) is 23.3 Å². The maximum Gasteiger partial charge on any atom is 0.434 e. The zero-order chi connectivity index (χ0) is 23.5. The van der Waals surface area contributed by atoms with Crippen LogP contribution < -0.4 is 10.1 Å². The molecule has 0 saturated carbocycles. The van der Waals surface area contributed by atoms with Crippen molar-refractivity contribution in [3.8, 4) is 11.6 Å². The highest BCUT2D eigenvalue weighted by atomic mass is 35.5. The molecule has 0 fully saturated rings. The van der Waals surface area contributed by atoms with Crippen LogP contribution in [0.25, 0.3) is 5.69 Å². The van der Waals surface area contributed by atoms with Crippen LogP contribution in [0.4, 0.5) is 26.3 Å². The Morgan fingerprint density at radius 1 is 1.12 bits per heavy atom. The lowest BCUT2D eigenvalue weighted by atomic mass is 10.2. The van der Waals surface area contributed by atoms with Crippen molar-refractivity contribution < 1.29 is 35.9 Å². The number of rotatable bonds is 6. The highest BCUT2D eigenvalue weighted by molar-refractivity contribution is 6.30. The molecule has 1 amide bonds. The van der Waals surface area contributed by atoms with Crippen LogP contribution in [0, 0.1) is 0 Å². The minimum absolute atomic E-state index is 0.0148. The largest absolute Gasteiger partial charge is 0.468 e. The third-order valence-electron chi connectivity index (χ3n) is 4.00. The number of pyridine rings is 1. The lowest BCUT2D eigenvalue weighted by Gasteiger charge is -2.14. The summed E-state index contributed by atoms with van der Waals surface area (Å²) in [6, 6.07) is 8.15. The van der Waals surface area contributed by atoms with Gasteiger partial charge in [-0.05, 0) is 24.3 Å². The first kappa shape index (κ1) is 23.4. The molecular formula is C19H13ClF6N4O2. The second-order valence-electron chi connectivity index (χ2n) is 6.35. The number of hydrogen-bond donors (Lipinski definition) is 1. The van der Waals surface area contributed by atoms with Crippen LogP contribution in [-0.4, -0.2) is 33.5 Å². The summed E-state index contributed by atoms with van der Waals surface area (Å²) in [5.41, 5.74) is -2.09. The van der Waals surface area contributed by atoms with Crippen molar-refractivity contribution in [3.05, 3.63) is 70.6 Å². The van der Waals surface area contributed by atoms with Crippen molar-refractivity contribution in [2.24, 2.45) is 0 Å². The molecule has 6 nitrogen and oxygen atoms in total. The highest BCUT2D eigenvalue weighted by Gasteiger charge is 2.40. The molecule has 3 rings (SSSR count). The van der Waals surface area contributed by atoms with Gasteiger partial charge < -0.3 is 10.1 Å². The molecule has 0 saturated heterocycles. The minimum atomic E-state index is -4.94. The third-order valence-corrected chi connectivity index (χ3v) is 4.23. The molecule has 32 heavy (non-hydrogen) atoms. The maximum absolute atomic E-state index is 13.7. The topological polar surface area (TPSA) is 69.0 Å². The molecule has 13 heteroatoms. The number of alkyl halides is 6. The fourth-order valence-corrected chi connectivity index (χ4v) is 2.89. The Bertz CT molecular complexity index is 1110. The lowest BCUT2D eigenvalue weighted by Crippen LogP contribution is -2.27. The van der Waals surface area contributed by atoms with E-state index in [1.54, 1.807) is 0 Å². The van der Waals surface area contributed by atoms with Crippen LogP contribution in [0.2, 0.25) is 5.02 Å². The van der Waals surface area contributed by atoms with E-state index in [-0.39, 0.29) is 16.3 Å². The van der Waals surface area contributed by atoms with Crippen molar-refractivity contribution in [2.45, 2.75) is 18.9 Å². The smallest absolute Gasteiger partial charge is 0.434 e. The van der Waals surface area contributed by atoms with Crippen LogP contribution >= 0.6 is 11.6 Å². The Kier molecular flexibility index (Phi) is 6.63. The zero-order valence-corrected chi connectivity index (χ0v) is 16.6. The molecule has 0 aliphatic rings. The van der Waals surface area contributed by atoms with Gasteiger partial charge in [0.25, 0.3) is 5.91 Å². The molecular weight excluding hydrogens is 466 g/mol. The molecule has 0 bridgehead atoms. The van der Waals surface area contributed by atoms with Gasteiger partial charge in [0.1, 0.15) is 0 Å². The Hall–Kier alpha value is -3.28. The molecule has 0 unspecified atom stereocenters. The van der Waals surface area contributed by atoms with Crippen molar-refractivity contribution in [1.29, 1.82) is 0 Å². The van der Waals surface area contributed by atoms with Gasteiger partial charge in [-0.25, -0.2) is 9.67 Å². The number of hydrogen-bond acceptors (Lipinski definition) is 4. The molecule has 2 heterocycles. The fraction of sp³-hybridized carbons (Fsp3) is 0.211. The molecule has 0 aliphatic heterocycles. The molecule has 2 aromatic heterocycles. The van der Waals surface area contributed by atoms with Gasteiger partial charge in [-0.3, -0.25) is 4.79 Å². The first-order valence-electron chi connectivity index (χ1n) is 8.78.